The van der Waals surface area contributed by atoms with Crippen molar-refractivity contribution in [3.63, 3.8) is 0 Å². The van der Waals surface area contributed by atoms with Gasteiger partial charge in [0.1, 0.15) is 5.82 Å². The highest BCUT2D eigenvalue weighted by Crippen LogP contribution is 2.10. The molecule has 1 heterocycles. The van der Waals surface area contributed by atoms with Gasteiger partial charge in [-0.25, -0.2) is 4.39 Å². The first-order valence-electron chi connectivity index (χ1n) is 4.66. The van der Waals surface area contributed by atoms with Crippen molar-refractivity contribution in [1.29, 1.82) is 0 Å². The van der Waals surface area contributed by atoms with E-state index in [1.807, 2.05) is 0 Å². The molecule has 1 aromatic carbocycles. The Hall–Kier alpha value is -2.23. The zero-order valence-corrected chi connectivity index (χ0v) is 8.26. The molecule has 0 radical (unpaired) electrons. The fourth-order valence-electron chi connectivity index (χ4n) is 1.44. The number of carbonyl (C=O) groups is 2. The molecule has 0 saturated carbocycles. The standard InChI is InChI=1S/C12H8FNO2/c13-11-6-2-1-5-10(11)12(16)14-7-3-4-9(14)8-15/h1-8H. The van der Waals surface area contributed by atoms with Crippen LogP contribution in [0.5, 0.6) is 0 Å². The average molecular weight is 217 g/mol. The van der Waals surface area contributed by atoms with E-state index in [9.17, 15) is 14.0 Å². The molecule has 0 amide bonds. The predicted molar refractivity (Wildman–Crippen MR) is 55.9 cm³/mol. The van der Waals surface area contributed by atoms with Crippen molar-refractivity contribution in [3.8, 4) is 0 Å². The van der Waals surface area contributed by atoms with Gasteiger partial charge in [0.05, 0.1) is 11.3 Å². The van der Waals surface area contributed by atoms with Gasteiger partial charge in [-0.3, -0.25) is 14.2 Å². The van der Waals surface area contributed by atoms with Crippen LogP contribution in [0.1, 0.15) is 20.8 Å². The van der Waals surface area contributed by atoms with Gasteiger partial charge in [0.2, 0.25) is 0 Å². The molecule has 0 aliphatic heterocycles. The number of rotatable bonds is 2. The van der Waals surface area contributed by atoms with Crippen molar-refractivity contribution >= 4 is 12.2 Å². The topological polar surface area (TPSA) is 39.1 Å². The van der Waals surface area contributed by atoms with Crippen LogP contribution in [0.2, 0.25) is 0 Å². The predicted octanol–water partition coefficient (Wildman–Crippen LogP) is 2.13. The highest BCUT2D eigenvalue weighted by molar-refractivity contribution is 5.99. The number of hydrogen-bond acceptors (Lipinski definition) is 2. The van der Waals surface area contributed by atoms with Gasteiger partial charge in [-0.1, -0.05) is 12.1 Å². The Morgan fingerprint density at radius 1 is 1.19 bits per heavy atom. The molecule has 80 valence electrons. The van der Waals surface area contributed by atoms with Gasteiger partial charge in [0.15, 0.2) is 6.29 Å². The average Bonchev–Trinajstić information content (AvgIpc) is 2.77. The first-order valence-corrected chi connectivity index (χ1v) is 4.66. The molecule has 0 atom stereocenters. The lowest BCUT2D eigenvalue weighted by molar-refractivity contribution is 0.0943. The molecule has 0 spiro atoms. The van der Waals surface area contributed by atoms with Crippen LogP contribution in [0, 0.1) is 5.82 Å². The van der Waals surface area contributed by atoms with Gasteiger partial charge in [-0.2, -0.15) is 0 Å². The van der Waals surface area contributed by atoms with Gasteiger partial charge < -0.3 is 0 Å². The van der Waals surface area contributed by atoms with Crippen molar-refractivity contribution in [2.24, 2.45) is 0 Å². The molecule has 0 fully saturated rings. The Labute approximate surface area is 91.1 Å². The summed E-state index contributed by atoms with van der Waals surface area (Å²) in [6, 6.07) is 8.71. The fourth-order valence-corrected chi connectivity index (χ4v) is 1.44. The van der Waals surface area contributed by atoms with Gasteiger partial charge in [-0.15, -0.1) is 0 Å². The molecule has 3 nitrogen and oxygen atoms in total. The maximum Gasteiger partial charge on any atom is 0.265 e. The molecule has 0 aliphatic rings. The molecule has 4 heteroatoms. The van der Waals surface area contributed by atoms with Crippen molar-refractivity contribution in [2.75, 3.05) is 0 Å². The number of aromatic nitrogens is 1. The summed E-state index contributed by atoms with van der Waals surface area (Å²) in [5, 5.41) is 0. The zero-order chi connectivity index (χ0) is 11.5. The molecule has 0 saturated heterocycles. The minimum atomic E-state index is -0.599. The summed E-state index contributed by atoms with van der Waals surface area (Å²) in [5.74, 6) is -1.15. The highest BCUT2D eigenvalue weighted by atomic mass is 19.1. The molecule has 2 rings (SSSR count). The SMILES string of the molecule is O=Cc1cccn1C(=O)c1ccccc1F. The number of nitrogens with zero attached hydrogens (tertiary/aromatic N) is 1. The lowest BCUT2D eigenvalue weighted by atomic mass is 10.2. The third kappa shape index (κ3) is 1.65. The van der Waals surface area contributed by atoms with Crippen LogP contribution < -0.4 is 0 Å². The first kappa shape index (κ1) is 10.3. The first-order chi connectivity index (χ1) is 7.74. The highest BCUT2D eigenvalue weighted by Gasteiger charge is 2.14. The smallest absolute Gasteiger partial charge is 0.265 e. The Morgan fingerprint density at radius 2 is 1.94 bits per heavy atom. The Bertz CT molecular complexity index is 545. The van der Waals surface area contributed by atoms with Crippen molar-refractivity contribution < 1.29 is 14.0 Å². The van der Waals surface area contributed by atoms with E-state index in [0.29, 0.717) is 6.29 Å². The van der Waals surface area contributed by atoms with E-state index < -0.39 is 11.7 Å². The lowest BCUT2D eigenvalue weighted by Crippen LogP contribution is -2.15. The van der Waals surface area contributed by atoms with Gasteiger partial charge in [0.25, 0.3) is 5.91 Å². The van der Waals surface area contributed by atoms with E-state index in [1.165, 1.54) is 30.5 Å². The van der Waals surface area contributed by atoms with Crippen LogP contribution in [-0.2, 0) is 0 Å². The molecule has 0 unspecified atom stereocenters. The molecule has 16 heavy (non-hydrogen) atoms. The van der Waals surface area contributed by atoms with E-state index in [0.717, 1.165) is 4.57 Å². The molecule has 1 aromatic heterocycles. The molecular weight excluding hydrogens is 209 g/mol. The summed E-state index contributed by atoms with van der Waals surface area (Å²) in [6.07, 6.45) is 1.98. The minimum absolute atomic E-state index is 0.0539. The fraction of sp³-hybridized carbons (Fsp3) is 0. The summed E-state index contributed by atoms with van der Waals surface area (Å²) in [4.78, 5) is 22.5. The summed E-state index contributed by atoms with van der Waals surface area (Å²) >= 11 is 0. The second kappa shape index (κ2) is 4.10. The maximum absolute atomic E-state index is 13.3. The number of benzene rings is 1. The van der Waals surface area contributed by atoms with Crippen LogP contribution in [-0.4, -0.2) is 16.8 Å². The van der Waals surface area contributed by atoms with Crippen LogP contribution in [0.25, 0.3) is 0 Å². The molecule has 0 aliphatic carbocycles. The van der Waals surface area contributed by atoms with Crippen LogP contribution in [0.3, 0.4) is 0 Å². The Morgan fingerprint density at radius 3 is 2.62 bits per heavy atom. The minimum Gasteiger partial charge on any atom is -0.296 e. The Kier molecular flexibility index (Phi) is 2.64. The Balaban J connectivity index is 2.47. The monoisotopic (exact) mass is 217 g/mol. The van der Waals surface area contributed by atoms with E-state index in [1.54, 1.807) is 12.1 Å². The summed E-state index contributed by atoms with van der Waals surface area (Å²) in [5.41, 5.74) is 0.148. The normalized spacial score (nSPS) is 10.1. The largest absolute Gasteiger partial charge is 0.296 e. The van der Waals surface area contributed by atoms with Gasteiger partial charge in [0, 0.05) is 6.20 Å². The molecular formula is C12H8FNO2. The van der Waals surface area contributed by atoms with Gasteiger partial charge in [-0.05, 0) is 24.3 Å². The zero-order valence-electron chi connectivity index (χ0n) is 8.26. The number of hydrogen-bond donors (Lipinski definition) is 0. The van der Waals surface area contributed by atoms with E-state index in [2.05, 4.69) is 0 Å². The van der Waals surface area contributed by atoms with E-state index in [4.69, 9.17) is 0 Å². The quantitative estimate of drug-likeness (QED) is 0.723. The molecule has 0 bridgehead atoms. The second-order valence-corrected chi connectivity index (χ2v) is 3.21. The lowest BCUT2D eigenvalue weighted by Gasteiger charge is -2.04. The summed E-state index contributed by atoms with van der Waals surface area (Å²) < 4.78 is 14.5. The van der Waals surface area contributed by atoms with Crippen LogP contribution in [0.15, 0.2) is 42.6 Å². The van der Waals surface area contributed by atoms with Crippen molar-refractivity contribution in [3.05, 3.63) is 59.7 Å². The van der Waals surface area contributed by atoms with Crippen molar-refractivity contribution in [1.82, 2.24) is 4.57 Å². The third-order valence-electron chi connectivity index (χ3n) is 2.22. The number of carbonyl (C=O) groups excluding carboxylic acids is 2. The maximum atomic E-state index is 13.3. The second-order valence-electron chi connectivity index (χ2n) is 3.21. The van der Waals surface area contributed by atoms with E-state index in [-0.39, 0.29) is 11.3 Å². The van der Waals surface area contributed by atoms with Crippen LogP contribution >= 0.6 is 0 Å². The third-order valence-corrected chi connectivity index (χ3v) is 2.22. The van der Waals surface area contributed by atoms with Crippen molar-refractivity contribution in [2.45, 2.75) is 0 Å². The molecule has 2 aromatic rings. The summed E-state index contributed by atoms with van der Waals surface area (Å²) in [7, 11) is 0. The van der Waals surface area contributed by atoms with Gasteiger partial charge >= 0.3 is 0 Å². The number of aldehydes is 1. The van der Waals surface area contributed by atoms with E-state index >= 15 is 0 Å². The number of halogens is 1. The van der Waals surface area contributed by atoms with Crippen LogP contribution in [0.4, 0.5) is 4.39 Å². The summed E-state index contributed by atoms with van der Waals surface area (Å²) in [6.45, 7) is 0. The molecule has 0 N–H and O–H groups in total.